The van der Waals surface area contributed by atoms with Crippen molar-refractivity contribution in [2.24, 2.45) is 11.8 Å². The first-order valence-corrected chi connectivity index (χ1v) is 7.12. The number of aromatic nitrogens is 1. The Balaban J connectivity index is 1.89. The minimum Gasteiger partial charge on any atom is -0.388 e. The van der Waals surface area contributed by atoms with Crippen LogP contribution in [0.4, 0.5) is 5.69 Å². The van der Waals surface area contributed by atoms with Crippen LogP contribution in [0.3, 0.4) is 0 Å². The number of amides is 1. The van der Waals surface area contributed by atoms with Crippen molar-refractivity contribution in [2.75, 3.05) is 18.9 Å². The highest BCUT2D eigenvalue weighted by atomic mass is 16.1. The third kappa shape index (κ3) is 3.69. The predicted molar refractivity (Wildman–Crippen MR) is 77.2 cm³/mol. The standard InChI is InChI=1S/C15H23N3O/c1-11-5-3-4-6-12(11)10-18-15(19)14-9-13(16-2)7-8-17-14/h7-9,11-12H,3-6,10H2,1-2H3,(H,16,17)(H,18,19). The van der Waals surface area contributed by atoms with Gasteiger partial charge in [-0.25, -0.2) is 0 Å². The number of anilines is 1. The van der Waals surface area contributed by atoms with Crippen molar-refractivity contribution >= 4 is 11.6 Å². The van der Waals surface area contributed by atoms with Crippen LogP contribution in [-0.4, -0.2) is 24.5 Å². The van der Waals surface area contributed by atoms with E-state index in [1.165, 1.54) is 25.7 Å². The van der Waals surface area contributed by atoms with E-state index in [4.69, 9.17) is 0 Å². The highest BCUT2D eigenvalue weighted by Gasteiger charge is 2.21. The molecule has 4 nitrogen and oxygen atoms in total. The summed E-state index contributed by atoms with van der Waals surface area (Å²) in [4.78, 5) is 16.2. The Morgan fingerprint density at radius 1 is 1.42 bits per heavy atom. The first-order chi connectivity index (χ1) is 9.20. The average Bonchev–Trinajstić information content (AvgIpc) is 2.46. The van der Waals surface area contributed by atoms with Crippen molar-refractivity contribution in [3.05, 3.63) is 24.0 Å². The van der Waals surface area contributed by atoms with Gasteiger partial charge in [-0.3, -0.25) is 9.78 Å². The van der Waals surface area contributed by atoms with Crippen molar-refractivity contribution in [1.29, 1.82) is 0 Å². The fourth-order valence-corrected chi connectivity index (χ4v) is 2.72. The minimum absolute atomic E-state index is 0.0742. The Kier molecular flexibility index (Phi) is 4.77. The number of hydrogen-bond donors (Lipinski definition) is 2. The lowest BCUT2D eigenvalue weighted by molar-refractivity contribution is 0.0931. The number of carbonyl (C=O) groups is 1. The van der Waals surface area contributed by atoms with Crippen LogP contribution in [0.2, 0.25) is 0 Å². The zero-order valence-corrected chi connectivity index (χ0v) is 11.8. The maximum atomic E-state index is 12.1. The molecule has 2 N–H and O–H groups in total. The second-order valence-electron chi connectivity index (χ2n) is 5.41. The van der Waals surface area contributed by atoms with E-state index in [0.29, 0.717) is 17.5 Å². The van der Waals surface area contributed by atoms with Crippen molar-refractivity contribution in [3.8, 4) is 0 Å². The average molecular weight is 261 g/mol. The number of pyridine rings is 1. The van der Waals surface area contributed by atoms with E-state index in [1.807, 2.05) is 13.1 Å². The Bertz CT molecular complexity index is 433. The Morgan fingerprint density at radius 3 is 2.95 bits per heavy atom. The van der Waals surface area contributed by atoms with Crippen LogP contribution in [0.5, 0.6) is 0 Å². The maximum absolute atomic E-state index is 12.1. The number of nitrogens with one attached hydrogen (secondary N) is 2. The molecule has 1 saturated carbocycles. The minimum atomic E-state index is -0.0742. The van der Waals surface area contributed by atoms with Gasteiger partial charge in [-0.15, -0.1) is 0 Å². The molecule has 1 heterocycles. The summed E-state index contributed by atoms with van der Waals surface area (Å²) in [5, 5.41) is 6.04. The normalized spacial score (nSPS) is 22.8. The highest BCUT2D eigenvalue weighted by molar-refractivity contribution is 5.93. The lowest BCUT2D eigenvalue weighted by Crippen LogP contribution is -2.33. The van der Waals surface area contributed by atoms with E-state index >= 15 is 0 Å². The summed E-state index contributed by atoms with van der Waals surface area (Å²) in [5.74, 6) is 1.26. The first-order valence-electron chi connectivity index (χ1n) is 7.12. The van der Waals surface area contributed by atoms with Gasteiger partial charge in [0.05, 0.1) is 0 Å². The first kappa shape index (κ1) is 13.8. The molecular weight excluding hydrogens is 238 g/mol. The third-order valence-corrected chi connectivity index (χ3v) is 4.10. The lowest BCUT2D eigenvalue weighted by Gasteiger charge is -2.28. The molecule has 1 aliphatic rings. The molecule has 1 aliphatic carbocycles. The quantitative estimate of drug-likeness (QED) is 0.876. The van der Waals surface area contributed by atoms with Crippen molar-refractivity contribution in [1.82, 2.24) is 10.3 Å². The summed E-state index contributed by atoms with van der Waals surface area (Å²) in [6, 6.07) is 3.62. The topological polar surface area (TPSA) is 54.0 Å². The van der Waals surface area contributed by atoms with Gasteiger partial charge in [0.1, 0.15) is 5.69 Å². The van der Waals surface area contributed by atoms with E-state index in [0.717, 1.165) is 12.2 Å². The number of nitrogens with zero attached hydrogens (tertiary/aromatic N) is 1. The molecule has 2 atom stereocenters. The fraction of sp³-hybridized carbons (Fsp3) is 0.600. The fourth-order valence-electron chi connectivity index (χ4n) is 2.72. The molecule has 0 saturated heterocycles. The van der Waals surface area contributed by atoms with Gasteiger partial charge in [-0.1, -0.05) is 26.2 Å². The summed E-state index contributed by atoms with van der Waals surface area (Å²) in [5.41, 5.74) is 1.39. The third-order valence-electron chi connectivity index (χ3n) is 4.10. The molecule has 1 fully saturated rings. The van der Waals surface area contributed by atoms with Crippen LogP contribution in [0.15, 0.2) is 18.3 Å². The van der Waals surface area contributed by atoms with Crippen LogP contribution in [0.25, 0.3) is 0 Å². The Hall–Kier alpha value is -1.58. The molecule has 0 aromatic carbocycles. The Morgan fingerprint density at radius 2 is 2.21 bits per heavy atom. The molecule has 2 unspecified atom stereocenters. The molecule has 1 amide bonds. The van der Waals surface area contributed by atoms with Gasteiger partial charge in [0.2, 0.25) is 0 Å². The van der Waals surface area contributed by atoms with Gasteiger partial charge < -0.3 is 10.6 Å². The van der Waals surface area contributed by atoms with Gasteiger partial charge in [-0.2, -0.15) is 0 Å². The van der Waals surface area contributed by atoms with Crippen molar-refractivity contribution < 1.29 is 4.79 Å². The molecule has 0 spiro atoms. The summed E-state index contributed by atoms with van der Waals surface area (Å²) in [7, 11) is 1.83. The second-order valence-corrected chi connectivity index (χ2v) is 5.41. The molecule has 0 radical (unpaired) electrons. The monoisotopic (exact) mass is 261 g/mol. The second kappa shape index (κ2) is 6.55. The summed E-state index contributed by atoms with van der Waals surface area (Å²) in [6.45, 7) is 3.06. The summed E-state index contributed by atoms with van der Waals surface area (Å²) >= 11 is 0. The van der Waals surface area contributed by atoms with Gasteiger partial charge in [0, 0.05) is 25.5 Å². The zero-order valence-electron chi connectivity index (χ0n) is 11.8. The lowest BCUT2D eigenvalue weighted by atomic mass is 9.80. The van der Waals surface area contributed by atoms with E-state index in [2.05, 4.69) is 22.5 Å². The number of hydrogen-bond acceptors (Lipinski definition) is 3. The van der Waals surface area contributed by atoms with E-state index < -0.39 is 0 Å². The molecule has 1 aromatic rings. The van der Waals surface area contributed by atoms with E-state index in [1.54, 1.807) is 12.3 Å². The van der Waals surface area contributed by atoms with Gasteiger partial charge >= 0.3 is 0 Å². The van der Waals surface area contributed by atoms with Crippen LogP contribution in [-0.2, 0) is 0 Å². The van der Waals surface area contributed by atoms with E-state index in [9.17, 15) is 4.79 Å². The Labute approximate surface area is 115 Å². The van der Waals surface area contributed by atoms with Crippen LogP contribution in [0, 0.1) is 11.8 Å². The van der Waals surface area contributed by atoms with Crippen molar-refractivity contribution in [2.45, 2.75) is 32.6 Å². The molecule has 19 heavy (non-hydrogen) atoms. The largest absolute Gasteiger partial charge is 0.388 e. The molecule has 2 rings (SSSR count). The van der Waals surface area contributed by atoms with Crippen LogP contribution < -0.4 is 10.6 Å². The number of carbonyl (C=O) groups excluding carboxylic acids is 1. The summed E-state index contributed by atoms with van der Waals surface area (Å²) in [6.07, 6.45) is 6.79. The number of rotatable bonds is 4. The van der Waals surface area contributed by atoms with Crippen molar-refractivity contribution in [3.63, 3.8) is 0 Å². The van der Waals surface area contributed by atoms with Crippen LogP contribution >= 0.6 is 0 Å². The van der Waals surface area contributed by atoms with Gasteiger partial charge in [-0.05, 0) is 30.4 Å². The van der Waals surface area contributed by atoms with Gasteiger partial charge in [0.25, 0.3) is 5.91 Å². The van der Waals surface area contributed by atoms with Crippen LogP contribution in [0.1, 0.15) is 43.1 Å². The summed E-state index contributed by atoms with van der Waals surface area (Å²) < 4.78 is 0. The zero-order chi connectivity index (χ0) is 13.7. The predicted octanol–water partition coefficient (Wildman–Crippen LogP) is 2.68. The maximum Gasteiger partial charge on any atom is 0.269 e. The molecule has 0 bridgehead atoms. The molecule has 1 aromatic heterocycles. The van der Waals surface area contributed by atoms with Gasteiger partial charge in [0.15, 0.2) is 0 Å². The molecular formula is C15H23N3O. The molecule has 0 aliphatic heterocycles. The SMILES string of the molecule is CNc1ccnc(C(=O)NCC2CCCCC2C)c1. The highest BCUT2D eigenvalue weighted by Crippen LogP contribution is 2.28. The molecule has 104 valence electrons. The molecule has 4 heteroatoms. The smallest absolute Gasteiger partial charge is 0.269 e. The van der Waals surface area contributed by atoms with E-state index in [-0.39, 0.29) is 5.91 Å².